The van der Waals surface area contributed by atoms with Gasteiger partial charge in [-0.15, -0.1) is 0 Å². The Hall–Kier alpha value is -1.66. The molecule has 0 saturated heterocycles. The highest BCUT2D eigenvalue weighted by molar-refractivity contribution is 9.10. The average Bonchev–Trinajstić information content (AvgIpc) is 2.47. The van der Waals surface area contributed by atoms with E-state index in [1.807, 2.05) is 24.3 Å². The van der Waals surface area contributed by atoms with Crippen molar-refractivity contribution < 1.29 is 9.47 Å². The third-order valence-electron chi connectivity index (χ3n) is 2.70. The molecule has 1 atom stereocenters. The van der Waals surface area contributed by atoms with Crippen molar-refractivity contribution in [2.45, 2.75) is 6.04 Å². The first kappa shape index (κ1) is 13.8. The second-order valence-corrected chi connectivity index (χ2v) is 4.60. The highest BCUT2D eigenvalue weighted by Gasteiger charge is 2.14. The Morgan fingerprint density at radius 3 is 2.42 bits per heavy atom. The molecule has 1 unspecified atom stereocenters. The molecule has 0 radical (unpaired) electrons. The summed E-state index contributed by atoms with van der Waals surface area (Å²) in [5.74, 6) is 1.21. The van der Waals surface area contributed by atoms with Crippen LogP contribution in [0.15, 0.2) is 35.1 Å². The van der Waals surface area contributed by atoms with E-state index in [4.69, 9.17) is 15.2 Å². The molecule has 0 aliphatic rings. The quantitative estimate of drug-likeness (QED) is 0.934. The Bertz CT molecular complexity index is 560. The van der Waals surface area contributed by atoms with Gasteiger partial charge < -0.3 is 15.2 Å². The number of nitrogens with zero attached hydrogens (tertiary/aromatic N) is 2. The van der Waals surface area contributed by atoms with E-state index >= 15 is 0 Å². The summed E-state index contributed by atoms with van der Waals surface area (Å²) in [5, 5.41) is 0. The summed E-state index contributed by atoms with van der Waals surface area (Å²) in [6, 6.07) is 7.16. The zero-order chi connectivity index (χ0) is 13.8. The number of benzene rings is 1. The maximum absolute atomic E-state index is 6.17. The fourth-order valence-corrected chi connectivity index (χ4v) is 1.98. The van der Waals surface area contributed by atoms with Crippen molar-refractivity contribution in [2.24, 2.45) is 5.73 Å². The van der Waals surface area contributed by atoms with Gasteiger partial charge in [0.2, 0.25) is 5.88 Å². The smallest absolute Gasteiger partial charge is 0.247 e. The number of methoxy groups -OCH3 is 2. The van der Waals surface area contributed by atoms with Crippen LogP contribution in [0.2, 0.25) is 0 Å². The Morgan fingerprint density at radius 1 is 1.16 bits per heavy atom. The van der Waals surface area contributed by atoms with E-state index in [1.165, 1.54) is 7.11 Å². The lowest BCUT2D eigenvalue weighted by atomic mass is 10.1. The largest absolute Gasteiger partial charge is 0.497 e. The molecule has 6 heteroatoms. The fourth-order valence-electron chi connectivity index (χ4n) is 1.63. The van der Waals surface area contributed by atoms with Gasteiger partial charge in [-0.2, -0.15) is 0 Å². The first-order chi connectivity index (χ1) is 9.15. The van der Waals surface area contributed by atoms with Crippen molar-refractivity contribution >= 4 is 15.9 Å². The maximum Gasteiger partial charge on any atom is 0.247 e. The minimum absolute atomic E-state index is 0.361. The van der Waals surface area contributed by atoms with Crippen LogP contribution in [0.25, 0.3) is 0 Å². The molecule has 0 fully saturated rings. The predicted octanol–water partition coefficient (Wildman–Crippen LogP) is 2.30. The predicted molar refractivity (Wildman–Crippen MR) is 75.3 cm³/mol. The molecule has 2 aromatic rings. The summed E-state index contributed by atoms with van der Waals surface area (Å²) in [6.45, 7) is 0. The van der Waals surface area contributed by atoms with Gasteiger partial charge in [0.15, 0.2) is 4.60 Å². The Morgan fingerprint density at radius 2 is 1.84 bits per heavy atom. The van der Waals surface area contributed by atoms with Crippen LogP contribution < -0.4 is 15.2 Å². The Kier molecular flexibility index (Phi) is 4.34. The average molecular weight is 324 g/mol. The lowest BCUT2D eigenvalue weighted by Crippen LogP contribution is -2.14. The monoisotopic (exact) mass is 323 g/mol. The van der Waals surface area contributed by atoms with Gasteiger partial charge in [-0.25, -0.2) is 9.97 Å². The van der Waals surface area contributed by atoms with E-state index in [-0.39, 0.29) is 6.04 Å². The topological polar surface area (TPSA) is 70.3 Å². The molecule has 5 nitrogen and oxygen atoms in total. The van der Waals surface area contributed by atoms with Crippen molar-refractivity contribution in [1.82, 2.24) is 9.97 Å². The highest BCUT2D eigenvalue weighted by atomic mass is 79.9. The zero-order valence-corrected chi connectivity index (χ0v) is 12.2. The molecule has 2 N–H and O–H groups in total. The summed E-state index contributed by atoms with van der Waals surface area (Å²) in [4.78, 5) is 8.48. The highest BCUT2D eigenvalue weighted by Crippen LogP contribution is 2.24. The first-order valence-electron chi connectivity index (χ1n) is 5.61. The first-order valence-corrected chi connectivity index (χ1v) is 6.41. The summed E-state index contributed by atoms with van der Waals surface area (Å²) < 4.78 is 10.8. The molecule has 0 bridgehead atoms. The van der Waals surface area contributed by atoms with Gasteiger partial charge in [-0.3, -0.25) is 0 Å². The fraction of sp³-hybridized carbons (Fsp3) is 0.231. The van der Waals surface area contributed by atoms with Crippen molar-refractivity contribution in [2.75, 3.05) is 14.2 Å². The second kappa shape index (κ2) is 5.99. The van der Waals surface area contributed by atoms with Crippen molar-refractivity contribution in [1.29, 1.82) is 0 Å². The summed E-state index contributed by atoms with van der Waals surface area (Å²) in [6.07, 6.45) is 1.63. The van der Waals surface area contributed by atoms with E-state index in [9.17, 15) is 0 Å². The number of hydrogen-bond donors (Lipinski definition) is 1. The van der Waals surface area contributed by atoms with Gasteiger partial charge in [0.25, 0.3) is 0 Å². The standard InChI is InChI=1S/C13H14BrN3O2/c1-18-9-5-3-8(4-6-9)11(15)10-7-16-12(14)13(17-10)19-2/h3-7,11H,15H2,1-2H3. The molecule has 0 saturated carbocycles. The molecule has 100 valence electrons. The van der Waals surface area contributed by atoms with Crippen LogP contribution in [-0.4, -0.2) is 24.2 Å². The molecule has 1 aromatic carbocycles. The van der Waals surface area contributed by atoms with Crippen LogP contribution in [0.1, 0.15) is 17.3 Å². The third kappa shape index (κ3) is 3.02. The van der Waals surface area contributed by atoms with Crippen molar-refractivity contribution in [3.8, 4) is 11.6 Å². The molecule has 2 rings (SSSR count). The molecular formula is C13H14BrN3O2. The number of nitrogens with two attached hydrogens (primary N) is 1. The van der Waals surface area contributed by atoms with E-state index in [0.717, 1.165) is 11.3 Å². The molecular weight excluding hydrogens is 310 g/mol. The van der Waals surface area contributed by atoms with Gasteiger partial charge in [0, 0.05) is 0 Å². The molecule has 0 aliphatic heterocycles. The molecule has 1 heterocycles. The SMILES string of the molecule is COc1ccc(C(N)c2cnc(Br)c(OC)n2)cc1. The van der Waals surface area contributed by atoms with Crippen LogP contribution in [-0.2, 0) is 0 Å². The number of rotatable bonds is 4. The van der Waals surface area contributed by atoms with Gasteiger partial charge in [-0.05, 0) is 33.6 Å². The number of ether oxygens (including phenoxy) is 2. The normalized spacial score (nSPS) is 12.0. The Balaban J connectivity index is 2.29. The number of halogens is 1. The molecule has 0 amide bonds. The van der Waals surface area contributed by atoms with Crippen LogP contribution >= 0.6 is 15.9 Å². The minimum Gasteiger partial charge on any atom is -0.497 e. The molecule has 0 aliphatic carbocycles. The lowest BCUT2D eigenvalue weighted by molar-refractivity contribution is 0.389. The number of aromatic nitrogens is 2. The van der Waals surface area contributed by atoms with Crippen LogP contribution in [0.3, 0.4) is 0 Å². The molecule has 1 aromatic heterocycles. The van der Waals surface area contributed by atoms with Crippen LogP contribution in [0, 0.1) is 0 Å². The van der Waals surface area contributed by atoms with E-state index in [0.29, 0.717) is 16.2 Å². The minimum atomic E-state index is -0.361. The maximum atomic E-state index is 6.17. The summed E-state index contributed by atoms with van der Waals surface area (Å²) in [5.41, 5.74) is 7.74. The van der Waals surface area contributed by atoms with E-state index in [1.54, 1.807) is 13.3 Å². The van der Waals surface area contributed by atoms with Gasteiger partial charge >= 0.3 is 0 Å². The van der Waals surface area contributed by atoms with E-state index < -0.39 is 0 Å². The van der Waals surface area contributed by atoms with Gasteiger partial charge in [0.05, 0.1) is 32.2 Å². The molecule has 19 heavy (non-hydrogen) atoms. The van der Waals surface area contributed by atoms with Gasteiger partial charge in [0.1, 0.15) is 5.75 Å². The zero-order valence-electron chi connectivity index (χ0n) is 10.6. The van der Waals surface area contributed by atoms with Crippen LogP contribution in [0.5, 0.6) is 11.6 Å². The third-order valence-corrected chi connectivity index (χ3v) is 3.25. The van der Waals surface area contributed by atoms with Crippen molar-refractivity contribution in [3.05, 3.63) is 46.3 Å². The summed E-state index contributed by atoms with van der Waals surface area (Å²) >= 11 is 3.26. The van der Waals surface area contributed by atoms with Crippen molar-refractivity contribution in [3.63, 3.8) is 0 Å². The van der Waals surface area contributed by atoms with Gasteiger partial charge in [-0.1, -0.05) is 12.1 Å². The Labute approximate surface area is 119 Å². The molecule has 0 spiro atoms. The van der Waals surface area contributed by atoms with Crippen LogP contribution in [0.4, 0.5) is 0 Å². The summed E-state index contributed by atoms with van der Waals surface area (Å²) in [7, 11) is 3.16. The second-order valence-electron chi connectivity index (χ2n) is 3.85. The van der Waals surface area contributed by atoms with E-state index in [2.05, 4.69) is 25.9 Å². The lowest BCUT2D eigenvalue weighted by Gasteiger charge is -2.13. The number of hydrogen-bond acceptors (Lipinski definition) is 5.